The van der Waals surface area contributed by atoms with Crippen molar-refractivity contribution in [3.8, 4) is 0 Å². The SMILES string of the molecule is Clc1ccccc1C=N/N=C/c1ccco1. The lowest BCUT2D eigenvalue weighted by atomic mass is 10.2. The van der Waals surface area contributed by atoms with Crippen LogP contribution in [0.5, 0.6) is 0 Å². The number of benzene rings is 1. The lowest BCUT2D eigenvalue weighted by molar-refractivity contribution is 0.560. The van der Waals surface area contributed by atoms with E-state index in [1.807, 2.05) is 18.2 Å². The van der Waals surface area contributed by atoms with Crippen LogP contribution in [0.1, 0.15) is 11.3 Å². The van der Waals surface area contributed by atoms with Gasteiger partial charge in [0.05, 0.1) is 18.7 Å². The molecule has 0 unspecified atom stereocenters. The second kappa shape index (κ2) is 5.28. The van der Waals surface area contributed by atoms with Crippen molar-refractivity contribution in [2.24, 2.45) is 10.2 Å². The van der Waals surface area contributed by atoms with Crippen molar-refractivity contribution >= 4 is 24.0 Å². The van der Waals surface area contributed by atoms with E-state index in [1.54, 1.807) is 30.7 Å². The average molecular weight is 233 g/mol. The third-order valence-electron chi connectivity index (χ3n) is 1.90. The van der Waals surface area contributed by atoms with Gasteiger partial charge in [-0.25, -0.2) is 0 Å². The Bertz CT molecular complexity index is 503. The summed E-state index contributed by atoms with van der Waals surface area (Å²) in [5.74, 6) is 0.663. The van der Waals surface area contributed by atoms with E-state index in [0.717, 1.165) is 5.56 Å². The third kappa shape index (κ3) is 2.81. The van der Waals surface area contributed by atoms with E-state index in [0.29, 0.717) is 10.8 Å². The van der Waals surface area contributed by atoms with Crippen LogP contribution in [0.2, 0.25) is 5.02 Å². The van der Waals surface area contributed by atoms with E-state index in [-0.39, 0.29) is 0 Å². The summed E-state index contributed by atoms with van der Waals surface area (Å²) in [6.07, 6.45) is 4.72. The molecule has 0 spiro atoms. The zero-order valence-electron chi connectivity index (χ0n) is 8.38. The van der Waals surface area contributed by atoms with Crippen LogP contribution in [0.15, 0.2) is 57.3 Å². The van der Waals surface area contributed by atoms with Gasteiger partial charge in [-0.3, -0.25) is 0 Å². The Morgan fingerprint density at radius 3 is 2.56 bits per heavy atom. The molecule has 0 amide bonds. The minimum atomic E-state index is 0.652. The summed E-state index contributed by atoms with van der Waals surface area (Å²) in [6.45, 7) is 0. The smallest absolute Gasteiger partial charge is 0.146 e. The first kappa shape index (κ1) is 10.6. The zero-order valence-corrected chi connectivity index (χ0v) is 9.13. The van der Waals surface area contributed by atoms with Crippen molar-refractivity contribution in [1.82, 2.24) is 0 Å². The average Bonchev–Trinajstić information content (AvgIpc) is 2.79. The summed E-state index contributed by atoms with van der Waals surface area (Å²) in [6, 6.07) is 11.0. The van der Waals surface area contributed by atoms with Gasteiger partial charge in [-0.15, -0.1) is 0 Å². The van der Waals surface area contributed by atoms with Crippen molar-refractivity contribution in [2.45, 2.75) is 0 Å². The molecule has 1 heterocycles. The molecule has 0 atom stereocenters. The molecule has 0 saturated carbocycles. The lowest BCUT2D eigenvalue weighted by Crippen LogP contribution is -1.81. The lowest BCUT2D eigenvalue weighted by Gasteiger charge is -1.93. The standard InChI is InChI=1S/C12H9ClN2O/c13-12-6-2-1-4-10(12)8-14-15-9-11-5-3-7-16-11/h1-9H/b14-8?,15-9+. The van der Waals surface area contributed by atoms with Crippen LogP contribution in [0, 0.1) is 0 Å². The molecule has 2 rings (SSSR count). The van der Waals surface area contributed by atoms with Crippen molar-refractivity contribution in [1.29, 1.82) is 0 Å². The first-order chi connectivity index (χ1) is 7.86. The Morgan fingerprint density at radius 1 is 1.00 bits per heavy atom. The summed E-state index contributed by atoms with van der Waals surface area (Å²) in [4.78, 5) is 0. The van der Waals surface area contributed by atoms with Gasteiger partial charge >= 0.3 is 0 Å². The fraction of sp³-hybridized carbons (Fsp3) is 0. The second-order valence-corrected chi connectivity index (χ2v) is 3.43. The van der Waals surface area contributed by atoms with Gasteiger partial charge in [0.1, 0.15) is 5.76 Å². The molecule has 0 bridgehead atoms. The van der Waals surface area contributed by atoms with Crippen molar-refractivity contribution in [2.75, 3.05) is 0 Å². The van der Waals surface area contributed by atoms with E-state index < -0.39 is 0 Å². The molecule has 0 N–H and O–H groups in total. The number of furan rings is 1. The monoisotopic (exact) mass is 232 g/mol. The maximum atomic E-state index is 5.94. The summed E-state index contributed by atoms with van der Waals surface area (Å²) in [5.41, 5.74) is 0.834. The molecular formula is C12H9ClN2O. The first-order valence-corrected chi connectivity index (χ1v) is 5.08. The molecule has 0 aliphatic carbocycles. The molecule has 0 aliphatic heterocycles. The molecule has 0 saturated heterocycles. The van der Waals surface area contributed by atoms with Crippen molar-refractivity contribution in [3.63, 3.8) is 0 Å². The highest BCUT2D eigenvalue weighted by atomic mass is 35.5. The van der Waals surface area contributed by atoms with Gasteiger partial charge < -0.3 is 4.42 Å². The summed E-state index contributed by atoms with van der Waals surface area (Å²) in [7, 11) is 0. The molecule has 2 aromatic rings. The van der Waals surface area contributed by atoms with Crippen LogP contribution < -0.4 is 0 Å². The van der Waals surface area contributed by atoms with E-state index in [2.05, 4.69) is 10.2 Å². The van der Waals surface area contributed by atoms with Crippen LogP contribution in [-0.2, 0) is 0 Å². The molecular weight excluding hydrogens is 224 g/mol. The minimum Gasteiger partial charge on any atom is -0.463 e. The van der Waals surface area contributed by atoms with Crippen LogP contribution in [0.4, 0.5) is 0 Å². The van der Waals surface area contributed by atoms with Crippen LogP contribution in [0.3, 0.4) is 0 Å². The van der Waals surface area contributed by atoms with Gasteiger partial charge in [-0.2, -0.15) is 10.2 Å². The topological polar surface area (TPSA) is 37.9 Å². The fourth-order valence-corrected chi connectivity index (χ4v) is 1.31. The number of rotatable bonds is 3. The van der Waals surface area contributed by atoms with Gasteiger partial charge in [0, 0.05) is 10.6 Å². The Labute approximate surface area is 98.1 Å². The highest BCUT2D eigenvalue weighted by Crippen LogP contribution is 2.12. The van der Waals surface area contributed by atoms with Gasteiger partial charge in [0.2, 0.25) is 0 Å². The number of halogens is 1. The van der Waals surface area contributed by atoms with Crippen LogP contribution in [0.25, 0.3) is 0 Å². The number of hydrogen-bond donors (Lipinski definition) is 0. The molecule has 1 aromatic heterocycles. The maximum Gasteiger partial charge on any atom is 0.146 e. The minimum absolute atomic E-state index is 0.652. The van der Waals surface area contributed by atoms with Gasteiger partial charge in [-0.05, 0) is 18.2 Å². The van der Waals surface area contributed by atoms with Crippen molar-refractivity contribution < 1.29 is 4.42 Å². The molecule has 4 heteroatoms. The molecule has 0 aliphatic rings. The Balaban J connectivity index is 2.03. The molecule has 0 fully saturated rings. The summed E-state index contributed by atoms with van der Waals surface area (Å²) >= 11 is 5.94. The van der Waals surface area contributed by atoms with Gasteiger partial charge in [0.25, 0.3) is 0 Å². The maximum absolute atomic E-state index is 5.94. The summed E-state index contributed by atoms with van der Waals surface area (Å²) < 4.78 is 5.06. The predicted octanol–water partition coefficient (Wildman–Crippen LogP) is 3.39. The van der Waals surface area contributed by atoms with Crippen molar-refractivity contribution in [3.05, 3.63) is 59.0 Å². The number of nitrogens with zero attached hydrogens (tertiary/aromatic N) is 2. The van der Waals surface area contributed by atoms with E-state index in [4.69, 9.17) is 16.0 Å². The zero-order chi connectivity index (χ0) is 11.2. The Hall–Kier alpha value is -1.87. The molecule has 1 aromatic carbocycles. The quantitative estimate of drug-likeness (QED) is 0.591. The summed E-state index contributed by atoms with van der Waals surface area (Å²) in [5, 5.41) is 8.37. The number of hydrogen-bond acceptors (Lipinski definition) is 3. The predicted molar refractivity (Wildman–Crippen MR) is 65.3 cm³/mol. The van der Waals surface area contributed by atoms with E-state index in [9.17, 15) is 0 Å². The van der Waals surface area contributed by atoms with Gasteiger partial charge in [0.15, 0.2) is 0 Å². The van der Waals surface area contributed by atoms with E-state index in [1.165, 1.54) is 6.21 Å². The molecule has 80 valence electrons. The Kier molecular flexibility index (Phi) is 3.51. The molecule has 3 nitrogen and oxygen atoms in total. The third-order valence-corrected chi connectivity index (χ3v) is 2.24. The normalized spacial score (nSPS) is 11.6. The second-order valence-electron chi connectivity index (χ2n) is 3.03. The Morgan fingerprint density at radius 2 is 1.81 bits per heavy atom. The fourth-order valence-electron chi connectivity index (χ4n) is 1.13. The largest absolute Gasteiger partial charge is 0.463 e. The molecule has 0 radical (unpaired) electrons. The van der Waals surface area contributed by atoms with E-state index >= 15 is 0 Å². The van der Waals surface area contributed by atoms with Crippen LogP contribution >= 0.6 is 11.6 Å². The van der Waals surface area contributed by atoms with Gasteiger partial charge in [-0.1, -0.05) is 29.8 Å². The highest BCUT2D eigenvalue weighted by molar-refractivity contribution is 6.33. The first-order valence-electron chi connectivity index (χ1n) is 4.71. The van der Waals surface area contributed by atoms with Crippen LogP contribution in [-0.4, -0.2) is 12.4 Å². The molecule has 16 heavy (non-hydrogen) atoms. The highest BCUT2D eigenvalue weighted by Gasteiger charge is 1.93.